The lowest BCUT2D eigenvalue weighted by molar-refractivity contribution is -0.140. The van der Waals surface area contributed by atoms with Crippen molar-refractivity contribution in [2.75, 3.05) is 0 Å². The number of carbonyl (C=O) groups is 2. The molecule has 0 aromatic heterocycles. The minimum absolute atomic E-state index is 0.370. The first-order valence-electron chi connectivity index (χ1n) is 3.49. The lowest BCUT2D eigenvalue weighted by atomic mass is 10.7. The molecule has 0 amide bonds. The van der Waals surface area contributed by atoms with Gasteiger partial charge in [0.25, 0.3) is 0 Å². The highest BCUT2D eigenvalue weighted by molar-refractivity contribution is 6.44. The normalized spacial score (nSPS) is 14.4. The standard InChI is InChI=1S/2C2H2Cl3NO2.Al/c2*3-1(2(7)8)6(4)5;/h2*1H,(H,7,8);/q;;+2/p-2. The van der Waals surface area contributed by atoms with Gasteiger partial charge in [0.2, 0.25) is 11.0 Å². The Kier molecular flexibility index (Phi) is 9.71. The van der Waals surface area contributed by atoms with Gasteiger partial charge in [-0.2, -0.15) is 0 Å². The van der Waals surface area contributed by atoms with Crippen molar-refractivity contribution in [3.63, 3.8) is 0 Å². The lowest BCUT2D eigenvalue weighted by Crippen LogP contribution is -2.31. The molecular formula is C4H2AlCl6N2O4. The zero-order chi connectivity index (χ0) is 13.6. The molecule has 97 valence electrons. The Bertz CT molecular complexity index is 255. The Labute approximate surface area is 133 Å². The Morgan fingerprint density at radius 1 is 0.882 bits per heavy atom. The van der Waals surface area contributed by atoms with Crippen molar-refractivity contribution in [1.82, 2.24) is 7.88 Å². The van der Waals surface area contributed by atoms with Crippen molar-refractivity contribution < 1.29 is 17.2 Å². The Balaban J connectivity index is 3.92. The molecular weight excluding hydrogens is 380 g/mol. The number of halogens is 6. The number of hydrogen-bond donors (Lipinski definition) is 0. The first-order chi connectivity index (χ1) is 7.77. The molecule has 0 aliphatic carbocycles. The Hall–Kier alpha value is 1.13. The van der Waals surface area contributed by atoms with Crippen molar-refractivity contribution >= 4 is 98.1 Å². The van der Waals surface area contributed by atoms with Crippen LogP contribution in [-0.4, -0.2) is 46.7 Å². The summed E-state index contributed by atoms with van der Waals surface area (Å²) in [6.07, 6.45) is 0. The van der Waals surface area contributed by atoms with Crippen LogP contribution in [0.4, 0.5) is 0 Å². The zero-order valence-electron chi connectivity index (χ0n) is 7.53. The summed E-state index contributed by atoms with van der Waals surface area (Å²) < 4.78 is 9.66. The van der Waals surface area contributed by atoms with Gasteiger partial charge in [-0.15, -0.1) is 7.88 Å². The molecule has 0 N–H and O–H groups in total. The SMILES string of the molecule is O=C([O][Al][O]C(=O)C(Cl)N(Cl)Cl)C(Cl)N(Cl)Cl. The molecule has 0 saturated carbocycles. The summed E-state index contributed by atoms with van der Waals surface area (Å²) in [6.45, 7) is 0. The highest BCUT2D eigenvalue weighted by atomic mass is 35.5. The molecule has 0 aliphatic rings. The van der Waals surface area contributed by atoms with Gasteiger partial charge >= 0.3 is 27.8 Å². The fourth-order valence-corrected chi connectivity index (χ4v) is 1.48. The molecule has 0 fully saturated rings. The average molecular weight is 382 g/mol. The maximum atomic E-state index is 11.0. The van der Waals surface area contributed by atoms with E-state index in [1.807, 2.05) is 0 Å². The Morgan fingerprint density at radius 3 is 1.41 bits per heavy atom. The van der Waals surface area contributed by atoms with Gasteiger partial charge in [-0.1, -0.05) is 23.2 Å². The minimum atomic E-state index is -1.49. The minimum Gasteiger partial charge on any atom is -0.587 e. The largest absolute Gasteiger partial charge is 0.886 e. The van der Waals surface area contributed by atoms with Gasteiger partial charge in [0, 0.05) is 0 Å². The van der Waals surface area contributed by atoms with Crippen LogP contribution in [0.25, 0.3) is 0 Å². The number of hydrogen-bond acceptors (Lipinski definition) is 6. The summed E-state index contributed by atoms with van der Waals surface area (Å²) in [5.41, 5.74) is -2.84. The zero-order valence-corrected chi connectivity index (χ0v) is 13.2. The predicted molar refractivity (Wildman–Crippen MR) is 64.3 cm³/mol. The van der Waals surface area contributed by atoms with E-state index in [1.54, 1.807) is 0 Å². The average Bonchev–Trinajstić information content (AvgIpc) is 2.26. The summed E-state index contributed by atoms with van der Waals surface area (Å²) in [7, 11) is 0. The first kappa shape index (κ1) is 18.1. The Morgan fingerprint density at radius 2 is 1.18 bits per heavy atom. The van der Waals surface area contributed by atoms with Crippen molar-refractivity contribution in [2.24, 2.45) is 0 Å². The second-order valence-electron chi connectivity index (χ2n) is 2.16. The topological polar surface area (TPSA) is 59.1 Å². The fraction of sp³-hybridized carbons (Fsp3) is 0.500. The van der Waals surface area contributed by atoms with Crippen molar-refractivity contribution in [3.8, 4) is 0 Å². The third-order valence-corrected chi connectivity index (χ3v) is 3.64. The highest BCUT2D eigenvalue weighted by Gasteiger charge is 2.27. The van der Waals surface area contributed by atoms with E-state index in [4.69, 9.17) is 70.3 Å². The van der Waals surface area contributed by atoms with Gasteiger partial charge in [0.15, 0.2) is 0 Å². The molecule has 17 heavy (non-hydrogen) atoms. The van der Waals surface area contributed by atoms with Gasteiger partial charge in [0.05, 0.1) is 0 Å². The van der Waals surface area contributed by atoms with Crippen molar-refractivity contribution in [2.45, 2.75) is 11.0 Å². The maximum absolute atomic E-state index is 11.0. The molecule has 6 nitrogen and oxygen atoms in total. The van der Waals surface area contributed by atoms with Crippen LogP contribution in [0.2, 0.25) is 0 Å². The lowest BCUT2D eigenvalue weighted by Gasteiger charge is -2.14. The van der Waals surface area contributed by atoms with Crippen LogP contribution in [0.15, 0.2) is 0 Å². The van der Waals surface area contributed by atoms with Gasteiger partial charge in [-0.3, -0.25) is 9.59 Å². The van der Waals surface area contributed by atoms with Crippen LogP contribution >= 0.6 is 70.3 Å². The molecule has 0 spiro atoms. The van der Waals surface area contributed by atoms with Crippen molar-refractivity contribution in [3.05, 3.63) is 0 Å². The molecule has 0 aromatic rings. The second kappa shape index (κ2) is 9.10. The van der Waals surface area contributed by atoms with E-state index in [9.17, 15) is 9.59 Å². The summed E-state index contributed by atoms with van der Waals surface area (Å²) >= 11 is 29.9. The van der Waals surface area contributed by atoms with E-state index in [1.165, 1.54) is 0 Å². The predicted octanol–water partition coefficient (Wildman–Crippen LogP) is 1.96. The molecule has 0 bridgehead atoms. The second-order valence-corrected chi connectivity index (χ2v) is 5.45. The number of carbonyl (C=O) groups excluding carboxylic acids is 2. The monoisotopic (exact) mass is 379 g/mol. The first-order valence-corrected chi connectivity index (χ1v) is 6.66. The van der Waals surface area contributed by atoms with E-state index < -0.39 is 38.8 Å². The molecule has 13 heteroatoms. The van der Waals surface area contributed by atoms with E-state index in [-0.39, 0.29) is 0 Å². The summed E-state index contributed by atoms with van der Waals surface area (Å²) in [5.74, 6) is -1.97. The van der Waals surface area contributed by atoms with Crippen LogP contribution in [0.3, 0.4) is 0 Å². The molecule has 0 saturated heterocycles. The van der Waals surface area contributed by atoms with Crippen LogP contribution in [0.5, 0.6) is 0 Å². The number of nitrogens with zero attached hydrogens (tertiary/aromatic N) is 2. The van der Waals surface area contributed by atoms with Gasteiger partial charge in [-0.25, -0.2) is 0 Å². The molecule has 0 aliphatic heterocycles. The molecule has 1 radical (unpaired) electrons. The molecule has 0 aromatic carbocycles. The van der Waals surface area contributed by atoms with E-state index in [0.29, 0.717) is 7.88 Å². The highest BCUT2D eigenvalue weighted by Crippen LogP contribution is 2.14. The molecule has 0 rings (SSSR count). The van der Waals surface area contributed by atoms with Crippen LogP contribution < -0.4 is 0 Å². The molecule has 0 heterocycles. The third-order valence-electron chi connectivity index (χ3n) is 1.06. The molecule has 2 unspecified atom stereocenters. The summed E-state index contributed by atoms with van der Waals surface area (Å²) in [5, 5.41) is 0. The summed E-state index contributed by atoms with van der Waals surface area (Å²) in [6, 6.07) is 0. The van der Waals surface area contributed by atoms with Crippen LogP contribution in [-0.2, 0) is 17.2 Å². The molecule has 2 atom stereocenters. The summed E-state index contributed by atoms with van der Waals surface area (Å²) in [4.78, 5) is 22.1. The van der Waals surface area contributed by atoms with E-state index in [2.05, 4.69) is 7.58 Å². The van der Waals surface area contributed by atoms with E-state index in [0.717, 1.165) is 0 Å². The fourth-order valence-electron chi connectivity index (χ4n) is 0.391. The van der Waals surface area contributed by atoms with E-state index >= 15 is 0 Å². The smallest absolute Gasteiger partial charge is 0.587 e. The van der Waals surface area contributed by atoms with Crippen LogP contribution in [0.1, 0.15) is 0 Å². The number of rotatable bonds is 6. The number of alkyl halides is 2. The van der Waals surface area contributed by atoms with Gasteiger partial charge in [0.1, 0.15) is 0 Å². The van der Waals surface area contributed by atoms with Crippen LogP contribution in [0, 0.1) is 0 Å². The van der Waals surface area contributed by atoms with Gasteiger partial charge < -0.3 is 7.58 Å². The van der Waals surface area contributed by atoms with Gasteiger partial charge in [-0.05, 0) is 47.1 Å². The maximum Gasteiger partial charge on any atom is 0.886 e. The van der Waals surface area contributed by atoms with Crippen molar-refractivity contribution in [1.29, 1.82) is 0 Å². The third kappa shape index (κ3) is 7.33. The quantitative estimate of drug-likeness (QED) is 0.303.